The minimum atomic E-state index is -0.447. The zero-order valence-electron chi connectivity index (χ0n) is 9.98. The number of carbonyl (C=O) groups is 1. The van der Waals surface area contributed by atoms with Gasteiger partial charge in [0, 0.05) is 6.54 Å². The summed E-state index contributed by atoms with van der Waals surface area (Å²) in [6, 6.07) is 7.12. The molecule has 0 bridgehead atoms. The quantitative estimate of drug-likeness (QED) is 0.825. The van der Waals surface area contributed by atoms with E-state index in [2.05, 4.69) is 12.2 Å². The van der Waals surface area contributed by atoms with Crippen molar-refractivity contribution in [2.24, 2.45) is 11.7 Å². The van der Waals surface area contributed by atoms with Gasteiger partial charge in [0.15, 0.2) is 0 Å². The Bertz CT molecular complexity index is 406. The zero-order chi connectivity index (χ0) is 12.3. The summed E-state index contributed by atoms with van der Waals surface area (Å²) in [6.07, 6.45) is 1.19. The van der Waals surface area contributed by atoms with E-state index < -0.39 is 5.91 Å². The van der Waals surface area contributed by atoms with Gasteiger partial charge in [-0.3, -0.25) is 4.79 Å². The lowest BCUT2D eigenvalue weighted by Crippen LogP contribution is -2.43. The van der Waals surface area contributed by atoms with E-state index in [0.717, 1.165) is 19.5 Å². The third-order valence-corrected chi connectivity index (χ3v) is 3.19. The van der Waals surface area contributed by atoms with Crippen molar-refractivity contribution in [3.63, 3.8) is 0 Å². The lowest BCUT2D eigenvalue weighted by molar-refractivity contribution is 0.0966. The van der Waals surface area contributed by atoms with Crippen molar-refractivity contribution in [1.82, 2.24) is 5.32 Å². The first kappa shape index (κ1) is 11.9. The minimum Gasteiger partial charge on any atom is -0.488 e. The number of ether oxygens (including phenoxy) is 1. The second-order valence-corrected chi connectivity index (χ2v) is 4.49. The molecule has 1 heterocycles. The van der Waals surface area contributed by atoms with Crippen molar-refractivity contribution in [2.45, 2.75) is 19.4 Å². The number of primary amides is 1. The standard InChI is InChI=1S/C13H18N2O2/c1-9-6-7-15-8-12(9)17-11-5-3-2-4-10(11)13(14)16/h2-5,9,12,15H,6-8H2,1H3,(H2,14,16). The van der Waals surface area contributed by atoms with E-state index in [0.29, 0.717) is 17.2 Å². The highest BCUT2D eigenvalue weighted by Crippen LogP contribution is 2.23. The number of nitrogens with one attached hydrogen (secondary N) is 1. The summed E-state index contributed by atoms with van der Waals surface area (Å²) in [5, 5.41) is 3.29. The third-order valence-electron chi connectivity index (χ3n) is 3.19. The highest BCUT2D eigenvalue weighted by Gasteiger charge is 2.23. The SMILES string of the molecule is CC1CCNCC1Oc1ccccc1C(N)=O. The minimum absolute atomic E-state index is 0.101. The molecule has 2 unspecified atom stereocenters. The number of rotatable bonds is 3. The molecule has 1 saturated heterocycles. The van der Waals surface area contributed by atoms with Crippen molar-refractivity contribution < 1.29 is 9.53 Å². The van der Waals surface area contributed by atoms with Gasteiger partial charge in [0.1, 0.15) is 11.9 Å². The number of hydrogen-bond donors (Lipinski definition) is 2. The number of amides is 1. The number of piperidine rings is 1. The molecule has 4 heteroatoms. The van der Waals surface area contributed by atoms with Gasteiger partial charge in [0.05, 0.1) is 5.56 Å². The lowest BCUT2D eigenvalue weighted by atomic mass is 9.97. The number of hydrogen-bond acceptors (Lipinski definition) is 3. The maximum atomic E-state index is 11.3. The number of nitrogens with two attached hydrogens (primary N) is 1. The highest BCUT2D eigenvalue weighted by molar-refractivity contribution is 5.95. The van der Waals surface area contributed by atoms with Crippen molar-refractivity contribution in [2.75, 3.05) is 13.1 Å². The summed E-state index contributed by atoms with van der Waals surface area (Å²) in [6.45, 7) is 4.01. The van der Waals surface area contributed by atoms with E-state index in [1.165, 1.54) is 0 Å². The van der Waals surface area contributed by atoms with Crippen molar-refractivity contribution in [1.29, 1.82) is 0 Å². The molecule has 1 fully saturated rings. The first-order valence-corrected chi connectivity index (χ1v) is 5.94. The average molecular weight is 234 g/mol. The molecule has 0 spiro atoms. The fourth-order valence-corrected chi connectivity index (χ4v) is 2.06. The van der Waals surface area contributed by atoms with Crippen LogP contribution in [0, 0.1) is 5.92 Å². The van der Waals surface area contributed by atoms with Crippen molar-refractivity contribution in [3.8, 4) is 5.75 Å². The van der Waals surface area contributed by atoms with E-state index in [1.807, 2.05) is 6.07 Å². The van der Waals surface area contributed by atoms with E-state index in [9.17, 15) is 4.79 Å². The monoisotopic (exact) mass is 234 g/mol. The molecular weight excluding hydrogens is 216 g/mol. The molecule has 2 rings (SSSR count). The molecule has 2 atom stereocenters. The van der Waals surface area contributed by atoms with Crippen LogP contribution < -0.4 is 15.8 Å². The molecular formula is C13H18N2O2. The molecule has 1 aliphatic rings. The van der Waals surface area contributed by atoms with Crippen LogP contribution in [0.5, 0.6) is 5.75 Å². The topological polar surface area (TPSA) is 64.3 Å². The van der Waals surface area contributed by atoms with Crippen LogP contribution >= 0.6 is 0 Å². The summed E-state index contributed by atoms with van der Waals surface area (Å²) in [7, 11) is 0. The Hall–Kier alpha value is -1.55. The molecule has 0 saturated carbocycles. The van der Waals surface area contributed by atoms with E-state index in [-0.39, 0.29) is 6.10 Å². The predicted octanol–water partition coefficient (Wildman–Crippen LogP) is 1.16. The normalized spacial score (nSPS) is 24.3. The molecule has 92 valence electrons. The maximum Gasteiger partial charge on any atom is 0.252 e. The van der Waals surface area contributed by atoms with E-state index >= 15 is 0 Å². The molecule has 1 amide bonds. The van der Waals surface area contributed by atoms with Crippen LogP contribution in [-0.2, 0) is 0 Å². The van der Waals surface area contributed by atoms with Gasteiger partial charge in [-0.2, -0.15) is 0 Å². The maximum absolute atomic E-state index is 11.3. The van der Waals surface area contributed by atoms with Crippen LogP contribution in [0.1, 0.15) is 23.7 Å². The predicted molar refractivity (Wildman–Crippen MR) is 66.0 cm³/mol. The Morgan fingerprint density at radius 3 is 2.94 bits per heavy atom. The Morgan fingerprint density at radius 2 is 2.24 bits per heavy atom. The molecule has 3 N–H and O–H groups in total. The average Bonchev–Trinajstić information content (AvgIpc) is 2.32. The van der Waals surface area contributed by atoms with Gasteiger partial charge >= 0.3 is 0 Å². The second-order valence-electron chi connectivity index (χ2n) is 4.49. The van der Waals surface area contributed by atoms with Crippen LogP contribution in [0.15, 0.2) is 24.3 Å². The second kappa shape index (κ2) is 5.19. The van der Waals surface area contributed by atoms with Gasteiger partial charge < -0.3 is 15.8 Å². The van der Waals surface area contributed by atoms with Gasteiger partial charge in [-0.1, -0.05) is 19.1 Å². The molecule has 1 aromatic carbocycles. The number of benzene rings is 1. The summed E-state index contributed by atoms with van der Waals surface area (Å²) in [5.74, 6) is 0.620. The first-order chi connectivity index (χ1) is 8.18. The first-order valence-electron chi connectivity index (χ1n) is 5.94. The third kappa shape index (κ3) is 2.77. The molecule has 0 aromatic heterocycles. The van der Waals surface area contributed by atoms with E-state index in [4.69, 9.17) is 10.5 Å². The zero-order valence-corrected chi connectivity index (χ0v) is 9.98. The lowest BCUT2D eigenvalue weighted by Gasteiger charge is -2.30. The molecule has 4 nitrogen and oxygen atoms in total. The van der Waals surface area contributed by atoms with Crippen molar-refractivity contribution >= 4 is 5.91 Å². The fraction of sp³-hybridized carbons (Fsp3) is 0.462. The van der Waals surface area contributed by atoms with Crippen LogP contribution in [0.25, 0.3) is 0 Å². The van der Waals surface area contributed by atoms with Gasteiger partial charge in [-0.15, -0.1) is 0 Å². The summed E-state index contributed by atoms with van der Waals surface area (Å²) in [5.41, 5.74) is 5.77. The highest BCUT2D eigenvalue weighted by atomic mass is 16.5. The van der Waals surface area contributed by atoms with Crippen LogP contribution in [0.4, 0.5) is 0 Å². The molecule has 1 aromatic rings. The van der Waals surface area contributed by atoms with Gasteiger partial charge in [-0.05, 0) is 31.0 Å². The molecule has 1 aliphatic heterocycles. The van der Waals surface area contributed by atoms with Gasteiger partial charge in [-0.25, -0.2) is 0 Å². The molecule has 0 radical (unpaired) electrons. The Balaban J connectivity index is 2.14. The summed E-state index contributed by atoms with van der Waals surface area (Å²) >= 11 is 0. The van der Waals surface area contributed by atoms with E-state index in [1.54, 1.807) is 18.2 Å². The number of carbonyl (C=O) groups excluding carboxylic acids is 1. The molecule has 17 heavy (non-hydrogen) atoms. The number of para-hydroxylation sites is 1. The summed E-state index contributed by atoms with van der Waals surface area (Å²) < 4.78 is 5.90. The summed E-state index contributed by atoms with van der Waals surface area (Å²) in [4.78, 5) is 11.3. The van der Waals surface area contributed by atoms with Crippen LogP contribution in [0.2, 0.25) is 0 Å². The van der Waals surface area contributed by atoms with Gasteiger partial charge in [0.25, 0.3) is 5.91 Å². The van der Waals surface area contributed by atoms with Crippen LogP contribution in [0.3, 0.4) is 0 Å². The smallest absolute Gasteiger partial charge is 0.252 e. The van der Waals surface area contributed by atoms with Crippen LogP contribution in [-0.4, -0.2) is 25.1 Å². The Labute approximate surface area is 101 Å². The Kier molecular flexibility index (Phi) is 3.64. The van der Waals surface area contributed by atoms with Gasteiger partial charge in [0.2, 0.25) is 0 Å². The fourth-order valence-electron chi connectivity index (χ4n) is 2.06. The van der Waals surface area contributed by atoms with Crippen molar-refractivity contribution in [3.05, 3.63) is 29.8 Å². The molecule has 0 aliphatic carbocycles. The Morgan fingerprint density at radius 1 is 1.47 bits per heavy atom. The largest absolute Gasteiger partial charge is 0.488 e.